The minimum Gasteiger partial charge on any atom is -0.383 e. The van der Waals surface area contributed by atoms with E-state index in [4.69, 9.17) is 10.7 Å². The standard InChI is InChI=1S/C17H23N3/c1-3-10-20-15(4-2)19-16(17(20)18)14-7-5-6-13(11-14)12-8-9-12/h5-7,11-12H,3-4,8-10,18H2,1-2H3. The zero-order chi connectivity index (χ0) is 14.1. The van der Waals surface area contributed by atoms with E-state index in [0.717, 1.165) is 48.2 Å². The lowest BCUT2D eigenvalue weighted by Gasteiger charge is -2.07. The Balaban J connectivity index is 2.02. The smallest absolute Gasteiger partial charge is 0.131 e. The molecule has 3 heteroatoms. The van der Waals surface area contributed by atoms with Gasteiger partial charge in [-0.2, -0.15) is 0 Å². The molecule has 0 aliphatic heterocycles. The third-order valence-corrected chi connectivity index (χ3v) is 4.06. The fraction of sp³-hybridized carbons (Fsp3) is 0.471. The van der Waals surface area contributed by atoms with Gasteiger partial charge in [-0.25, -0.2) is 4.98 Å². The van der Waals surface area contributed by atoms with Crippen molar-refractivity contribution in [1.29, 1.82) is 0 Å². The maximum atomic E-state index is 6.34. The van der Waals surface area contributed by atoms with Crippen LogP contribution in [0, 0.1) is 0 Å². The molecule has 0 unspecified atom stereocenters. The number of aryl methyl sites for hydroxylation is 1. The van der Waals surface area contributed by atoms with E-state index < -0.39 is 0 Å². The third kappa shape index (κ3) is 2.33. The molecule has 1 aromatic heterocycles. The van der Waals surface area contributed by atoms with Crippen molar-refractivity contribution >= 4 is 5.82 Å². The van der Waals surface area contributed by atoms with E-state index >= 15 is 0 Å². The maximum absolute atomic E-state index is 6.34. The molecule has 3 rings (SSSR count). The van der Waals surface area contributed by atoms with Gasteiger partial charge in [0.05, 0.1) is 0 Å². The van der Waals surface area contributed by atoms with Crippen LogP contribution < -0.4 is 5.73 Å². The van der Waals surface area contributed by atoms with E-state index in [9.17, 15) is 0 Å². The van der Waals surface area contributed by atoms with Crippen LogP contribution in [0.15, 0.2) is 24.3 Å². The van der Waals surface area contributed by atoms with Crippen molar-refractivity contribution in [1.82, 2.24) is 9.55 Å². The minimum atomic E-state index is 0.763. The summed E-state index contributed by atoms with van der Waals surface area (Å²) in [5.74, 6) is 2.67. The molecule has 1 saturated carbocycles. The van der Waals surface area contributed by atoms with Crippen LogP contribution in [0.25, 0.3) is 11.3 Å². The second-order valence-corrected chi connectivity index (χ2v) is 5.67. The zero-order valence-corrected chi connectivity index (χ0v) is 12.4. The van der Waals surface area contributed by atoms with Gasteiger partial charge in [-0.15, -0.1) is 0 Å². The van der Waals surface area contributed by atoms with Gasteiger partial charge in [-0.3, -0.25) is 0 Å². The van der Waals surface area contributed by atoms with Gasteiger partial charge in [-0.1, -0.05) is 32.0 Å². The van der Waals surface area contributed by atoms with E-state index in [-0.39, 0.29) is 0 Å². The van der Waals surface area contributed by atoms with Crippen LogP contribution in [0.4, 0.5) is 5.82 Å². The molecule has 1 aliphatic carbocycles. The van der Waals surface area contributed by atoms with Crippen molar-refractivity contribution in [3.8, 4) is 11.3 Å². The molecular formula is C17H23N3. The number of anilines is 1. The number of aromatic nitrogens is 2. The fourth-order valence-electron chi connectivity index (χ4n) is 2.83. The summed E-state index contributed by atoms with van der Waals surface area (Å²) in [7, 11) is 0. The van der Waals surface area contributed by atoms with Gasteiger partial charge >= 0.3 is 0 Å². The summed E-state index contributed by atoms with van der Waals surface area (Å²) in [6.07, 6.45) is 4.65. The molecule has 2 N–H and O–H groups in total. The molecule has 1 aliphatic rings. The van der Waals surface area contributed by atoms with Gasteiger partial charge in [0.1, 0.15) is 17.3 Å². The quantitative estimate of drug-likeness (QED) is 0.892. The van der Waals surface area contributed by atoms with Gasteiger partial charge in [0.15, 0.2) is 0 Å². The molecule has 0 saturated heterocycles. The van der Waals surface area contributed by atoms with Crippen molar-refractivity contribution in [3.63, 3.8) is 0 Å². The number of benzene rings is 1. The van der Waals surface area contributed by atoms with E-state index in [1.807, 2.05) is 0 Å². The SMILES string of the molecule is CCCn1c(CC)nc(-c2cccc(C3CC3)c2)c1N. The predicted octanol–water partition coefficient (Wildman–Crippen LogP) is 3.98. The molecular weight excluding hydrogens is 246 g/mol. The van der Waals surface area contributed by atoms with Crippen LogP contribution in [-0.4, -0.2) is 9.55 Å². The Labute approximate surface area is 120 Å². The van der Waals surface area contributed by atoms with Crippen molar-refractivity contribution in [2.75, 3.05) is 5.73 Å². The lowest BCUT2D eigenvalue weighted by Crippen LogP contribution is -2.06. The highest BCUT2D eigenvalue weighted by Crippen LogP contribution is 2.41. The van der Waals surface area contributed by atoms with E-state index in [2.05, 4.69) is 42.7 Å². The molecule has 1 heterocycles. The van der Waals surface area contributed by atoms with Crippen LogP contribution in [0.5, 0.6) is 0 Å². The Morgan fingerprint density at radius 1 is 1.30 bits per heavy atom. The van der Waals surface area contributed by atoms with Gasteiger partial charge < -0.3 is 10.3 Å². The number of nitrogens with zero attached hydrogens (tertiary/aromatic N) is 2. The number of rotatable bonds is 5. The average Bonchev–Trinajstić information content (AvgIpc) is 3.27. The summed E-state index contributed by atoms with van der Waals surface area (Å²) in [6, 6.07) is 8.75. The number of imidazole rings is 1. The molecule has 0 spiro atoms. The highest BCUT2D eigenvalue weighted by molar-refractivity contribution is 5.71. The highest BCUT2D eigenvalue weighted by Gasteiger charge is 2.24. The molecule has 0 bridgehead atoms. The topological polar surface area (TPSA) is 43.8 Å². The molecule has 106 valence electrons. The lowest BCUT2D eigenvalue weighted by molar-refractivity contribution is 0.650. The molecule has 0 amide bonds. The van der Waals surface area contributed by atoms with E-state index in [1.165, 1.54) is 18.4 Å². The van der Waals surface area contributed by atoms with Crippen LogP contribution >= 0.6 is 0 Å². The predicted molar refractivity (Wildman–Crippen MR) is 83.7 cm³/mol. The Morgan fingerprint density at radius 3 is 2.75 bits per heavy atom. The molecule has 1 fully saturated rings. The Bertz CT molecular complexity index is 609. The van der Waals surface area contributed by atoms with E-state index in [0.29, 0.717) is 0 Å². The molecule has 0 atom stereocenters. The number of hydrogen-bond acceptors (Lipinski definition) is 2. The summed E-state index contributed by atoms with van der Waals surface area (Å²) in [5, 5.41) is 0. The van der Waals surface area contributed by atoms with Gasteiger partial charge in [0, 0.05) is 18.5 Å². The largest absolute Gasteiger partial charge is 0.383 e. The molecule has 1 aromatic carbocycles. The van der Waals surface area contributed by atoms with Crippen LogP contribution in [0.1, 0.15) is 50.4 Å². The van der Waals surface area contributed by atoms with Crippen LogP contribution in [-0.2, 0) is 13.0 Å². The minimum absolute atomic E-state index is 0.763. The summed E-state index contributed by atoms with van der Waals surface area (Å²) < 4.78 is 2.17. The Morgan fingerprint density at radius 2 is 2.10 bits per heavy atom. The average molecular weight is 269 g/mol. The van der Waals surface area contributed by atoms with Crippen molar-refractivity contribution in [2.24, 2.45) is 0 Å². The van der Waals surface area contributed by atoms with Crippen LogP contribution in [0.2, 0.25) is 0 Å². The molecule has 3 nitrogen and oxygen atoms in total. The number of nitrogen functional groups attached to an aromatic ring is 1. The first-order valence-corrected chi connectivity index (χ1v) is 7.69. The lowest BCUT2D eigenvalue weighted by atomic mass is 10.1. The molecule has 0 radical (unpaired) electrons. The Hall–Kier alpha value is -1.77. The summed E-state index contributed by atoms with van der Waals surface area (Å²) in [6.45, 7) is 5.26. The first kappa shape index (κ1) is 13.2. The summed E-state index contributed by atoms with van der Waals surface area (Å²) in [4.78, 5) is 4.78. The summed E-state index contributed by atoms with van der Waals surface area (Å²) >= 11 is 0. The van der Waals surface area contributed by atoms with Gasteiger partial charge in [0.2, 0.25) is 0 Å². The molecule has 20 heavy (non-hydrogen) atoms. The fourth-order valence-corrected chi connectivity index (χ4v) is 2.83. The first-order chi connectivity index (χ1) is 9.74. The van der Waals surface area contributed by atoms with Gasteiger partial charge in [0.25, 0.3) is 0 Å². The van der Waals surface area contributed by atoms with Crippen LogP contribution in [0.3, 0.4) is 0 Å². The Kier molecular flexibility index (Phi) is 3.51. The zero-order valence-electron chi connectivity index (χ0n) is 12.4. The molecule has 2 aromatic rings. The van der Waals surface area contributed by atoms with Crippen molar-refractivity contribution in [2.45, 2.75) is 52.0 Å². The highest BCUT2D eigenvalue weighted by atomic mass is 15.1. The number of hydrogen-bond donors (Lipinski definition) is 1. The second-order valence-electron chi connectivity index (χ2n) is 5.67. The summed E-state index contributed by atoms with van der Waals surface area (Å²) in [5.41, 5.74) is 9.89. The third-order valence-electron chi connectivity index (χ3n) is 4.06. The van der Waals surface area contributed by atoms with Gasteiger partial charge in [-0.05, 0) is 36.8 Å². The second kappa shape index (κ2) is 5.31. The van der Waals surface area contributed by atoms with Crippen molar-refractivity contribution < 1.29 is 0 Å². The monoisotopic (exact) mass is 269 g/mol. The first-order valence-electron chi connectivity index (χ1n) is 7.69. The maximum Gasteiger partial charge on any atom is 0.131 e. The van der Waals surface area contributed by atoms with Crippen molar-refractivity contribution in [3.05, 3.63) is 35.7 Å². The number of nitrogens with two attached hydrogens (primary N) is 1. The normalized spacial score (nSPS) is 14.7. The van der Waals surface area contributed by atoms with E-state index in [1.54, 1.807) is 0 Å².